The Morgan fingerprint density at radius 1 is 0.938 bits per heavy atom. The summed E-state index contributed by atoms with van der Waals surface area (Å²) >= 11 is 0. The predicted molar refractivity (Wildman–Crippen MR) is 316 cm³/mol. The third-order valence-electron chi connectivity index (χ3n) is 12.1. The summed E-state index contributed by atoms with van der Waals surface area (Å²) in [6.07, 6.45) is 15.7. The van der Waals surface area contributed by atoms with Gasteiger partial charge in [0.2, 0.25) is 5.91 Å². The molecule has 1 aromatic carbocycles. The third kappa shape index (κ3) is 33.3. The van der Waals surface area contributed by atoms with Crippen LogP contribution < -0.4 is 37.8 Å². The van der Waals surface area contributed by atoms with Crippen molar-refractivity contribution in [2.45, 2.75) is 150 Å². The van der Waals surface area contributed by atoms with E-state index < -0.39 is 23.6 Å². The van der Waals surface area contributed by atoms with Gasteiger partial charge in [-0.15, -0.1) is 0 Å². The fourth-order valence-corrected chi connectivity index (χ4v) is 7.74. The number of ether oxygens (including phenoxy) is 2. The van der Waals surface area contributed by atoms with Crippen LogP contribution in [0.15, 0.2) is 48.9 Å². The average Bonchev–Trinajstić information content (AvgIpc) is 3.85. The first kappa shape index (κ1) is 76.9. The quantitative estimate of drug-likeness (QED) is 0.0185. The Kier molecular flexibility index (Phi) is 44.0. The minimum absolute atomic E-state index is 0.00463. The molecule has 21 nitrogen and oxygen atoms in total. The first-order valence-corrected chi connectivity index (χ1v) is 27.6. The molecule has 0 saturated heterocycles. The number of hydroxylamine groups is 1. The lowest BCUT2D eigenvalue weighted by molar-refractivity contribution is -0.137. The molecule has 81 heavy (non-hydrogen) atoms. The number of rotatable bonds is 24. The SMILES string of the molecule is C=O.CC(C)C(=O)NC(C=O)CCC(=O)O.CCC.CCCOCCOC(C)(C)CCN.CNC(C)C=O.CNCC=O.CNO.CNc1ccc(Cn2cc(-c3ncc(F)c(NC4CC5CCC4CC5)n3)c3cc(F)cnc32)cc1. The highest BCUT2D eigenvalue weighted by molar-refractivity contribution is 5.92. The van der Waals surface area contributed by atoms with E-state index in [-0.39, 0.29) is 48.2 Å². The molecule has 7 rings (SSSR count). The van der Waals surface area contributed by atoms with E-state index >= 15 is 0 Å². The second-order valence-electron chi connectivity index (χ2n) is 19.8. The smallest absolute Gasteiger partial charge is 0.303 e. The largest absolute Gasteiger partial charge is 0.481 e. The highest BCUT2D eigenvalue weighted by atomic mass is 19.1. The number of aldehydes is 3. The predicted octanol–water partition coefficient (Wildman–Crippen LogP) is 7.62. The Balaban J connectivity index is 0. The molecule has 0 spiro atoms. The topological polar surface area (TPSA) is 303 Å². The number of carbonyl (C=O) groups is 6. The Hall–Kier alpha value is -6.21. The number of carboxylic acid groups (broad SMARTS) is 1. The van der Waals surface area contributed by atoms with Crippen LogP contribution in [0.5, 0.6) is 0 Å². The van der Waals surface area contributed by atoms with E-state index in [0.29, 0.717) is 67.5 Å². The monoisotopic (exact) mass is 1150 g/mol. The number of aliphatic carboxylic acids is 1. The second kappa shape index (κ2) is 46.4. The molecule has 23 heteroatoms. The number of halogens is 2. The van der Waals surface area contributed by atoms with Crippen LogP contribution in [0.25, 0.3) is 22.4 Å². The van der Waals surface area contributed by atoms with Gasteiger partial charge in [-0.2, -0.15) is 0 Å². The average molecular weight is 1150 g/mol. The molecule has 3 unspecified atom stereocenters. The Bertz CT molecular complexity index is 2300. The standard InChI is InChI=1S/C27H28F2N6.C10H23NO2.C9H15NO4.C4H9NO.C3H7NO.C3H8.CH5NO.CH2O/c1-30-20-8-4-17(5-9-20)14-35-15-22(21-11-19(28)12-32-27(21)35)25-31-13-23(29)26(34-25)33-24-10-16-2-6-18(24)7-3-16;1-4-7-12-8-9-13-10(2,3)5-6-11;1-6(2)9(14)10-7(5-11)3-4-8(12)13;1-4(3-6)5-2;1-4-2-3-5;1-3-2;1-2-3;1-2/h4-5,8-9,11-13,15-16,18,24,30H,2-3,6-7,10,14H2,1H3,(H,31,33,34);4-9,11H2,1-3H3;5-7H,3-4H2,1-2H3,(H,10,14)(H,12,13);3-5H,1-2H3;3-4H,2H2,1H3;3H2,1-2H3;2-3H,1H3;1H2. The van der Waals surface area contributed by atoms with Gasteiger partial charge in [0.25, 0.3) is 0 Å². The minimum Gasteiger partial charge on any atom is -0.481 e. The Morgan fingerprint density at radius 3 is 2.02 bits per heavy atom. The van der Waals surface area contributed by atoms with Crippen molar-refractivity contribution < 1.29 is 57.3 Å². The minimum atomic E-state index is -0.976. The van der Waals surface area contributed by atoms with Gasteiger partial charge in [0.05, 0.1) is 49.8 Å². The molecule has 0 aliphatic heterocycles. The number of carboxylic acids is 1. The molecule has 1 amide bonds. The number of hydrogen-bond acceptors (Lipinski definition) is 18. The van der Waals surface area contributed by atoms with E-state index in [2.05, 4.69) is 76.2 Å². The molecule has 3 atom stereocenters. The molecule has 4 aromatic rings. The van der Waals surface area contributed by atoms with Gasteiger partial charge < -0.3 is 75.9 Å². The lowest BCUT2D eigenvalue weighted by Crippen LogP contribution is -2.40. The van der Waals surface area contributed by atoms with Crippen molar-refractivity contribution in [3.63, 3.8) is 0 Å². The van der Waals surface area contributed by atoms with Crippen molar-refractivity contribution >= 4 is 60.1 Å². The number of carbonyl (C=O) groups excluding carboxylic acids is 5. The van der Waals surface area contributed by atoms with Crippen LogP contribution in [0, 0.1) is 29.4 Å². The van der Waals surface area contributed by atoms with Crippen molar-refractivity contribution in [1.82, 2.24) is 40.9 Å². The van der Waals surface area contributed by atoms with Crippen molar-refractivity contribution in [3.8, 4) is 11.4 Å². The molecule has 10 N–H and O–H groups in total. The number of aromatic nitrogens is 4. The molecule has 3 fully saturated rings. The van der Waals surface area contributed by atoms with Crippen molar-refractivity contribution in [2.75, 3.05) is 71.7 Å². The first-order valence-electron chi connectivity index (χ1n) is 27.6. The number of nitrogens with one attached hydrogen (secondary N) is 6. The summed E-state index contributed by atoms with van der Waals surface area (Å²) in [5, 5.41) is 30.6. The van der Waals surface area contributed by atoms with E-state index in [1.807, 2.05) is 48.9 Å². The summed E-state index contributed by atoms with van der Waals surface area (Å²) in [5.41, 5.74) is 10.5. The highest BCUT2D eigenvalue weighted by Gasteiger charge is 2.36. The van der Waals surface area contributed by atoms with Crippen molar-refractivity contribution in [3.05, 3.63) is 66.1 Å². The molecule has 3 aliphatic rings. The summed E-state index contributed by atoms with van der Waals surface area (Å²) in [6, 6.07) is 9.08. The van der Waals surface area contributed by atoms with Crippen LogP contribution in [-0.4, -0.2) is 152 Å². The highest BCUT2D eigenvalue weighted by Crippen LogP contribution is 2.42. The number of nitrogens with zero attached hydrogens (tertiary/aromatic N) is 4. The van der Waals surface area contributed by atoms with Crippen molar-refractivity contribution in [1.29, 1.82) is 0 Å². The van der Waals surface area contributed by atoms with Crippen LogP contribution >= 0.6 is 0 Å². The Labute approximate surface area is 479 Å². The second-order valence-corrected chi connectivity index (χ2v) is 19.8. The number of nitrogens with two attached hydrogens (primary N) is 1. The van der Waals surface area contributed by atoms with Crippen LogP contribution in [0.2, 0.25) is 0 Å². The fourth-order valence-electron chi connectivity index (χ4n) is 7.74. The van der Waals surface area contributed by atoms with Gasteiger partial charge in [-0.25, -0.2) is 29.2 Å². The zero-order valence-electron chi connectivity index (χ0n) is 50.1. The van der Waals surface area contributed by atoms with Gasteiger partial charge >= 0.3 is 5.97 Å². The van der Waals surface area contributed by atoms with Crippen LogP contribution in [0.1, 0.15) is 125 Å². The maximum Gasteiger partial charge on any atom is 0.303 e. The molecule has 3 heterocycles. The summed E-state index contributed by atoms with van der Waals surface area (Å²) in [5.74, 6) is -0.466. The van der Waals surface area contributed by atoms with E-state index in [0.717, 1.165) is 55.6 Å². The summed E-state index contributed by atoms with van der Waals surface area (Å²) < 4.78 is 41.8. The summed E-state index contributed by atoms with van der Waals surface area (Å²) in [7, 11) is 6.79. The zero-order chi connectivity index (χ0) is 61.8. The van der Waals surface area contributed by atoms with Gasteiger partial charge in [-0.1, -0.05) is 66.0 Å². The van der Waals surface area contributed by atoms with Gasteiger partial charge in [0.1, 0.15) is 37.1 Å². The molecule has 3 aliphatic carbocycles. The Morgan fingerprint density at radius 2 is 1.57 bits per heavy atom. The summed E-state index contributed by atoms with van der Waals surface area (Å²) in [4.78, 5) is 72.0. The first-order chi connectivity index (χ1) is 38.7. The number of fused-ring (bicyclic) bond motifs is 4. The number of anilines is 2. The molecule has 3 saturated carbocycles. The number of hydrogen-bond donors (Lipinski definition) is 9. The van der Waals surface area contributed by atoms with E-state index in [4.69, 9.17) is 30.3 Å². The lowest BCUT2D eigenvalue weighted by atomic mass is 9.68. The van der Waals surface area contributed by atoms with Crippen LogP contribution in [0.3, 0.4) is 0 Å². The number of amides is 1. The molecule has 2 bridgehead atoms. The lowest BCUT2D eigenvalue weighted by Gasteiger charge is -2.42. The zero-order valence-corrected chi connectivity index (χ0v) is 50.1. The van der Waals surface area contributed by atoms with Crippen LogP contribution in [-0.2, 0) is 44.8 Å². The normalized spacial score (nSPS) is 15.2. The molecule has 3 aromatic heterocycles. The summed E-state index contributed by atoms with van der Waals surface area (Å²) in [6.45, 7) is 21.5. The van der Waals surface area contributed by atoms with Gasteiger partial charge in [-0.05, 0) is 116 Å². The molecule has 0 radical (unpaired) electrons. The third-order valence-corrected chi connectivity index (χ3v) is 12.1. The van der Waals surface area contributed by atoms with Crippen molar-refractivity contribution in [2.24, 2.45) is 23.5 Å². The number of benzene rings is 1. The van der Waals surface area contributed by atoms with Crippen LogP contribution in [0.4, 0.5) is 20.3 Å². The van der Waals surface area contributed by atoms with E-state index in [9.17, 15) is 32.8 Å². The molecular formula is C58H97F2N11O10. The number of likely N-dealkylation sites (N-methyl/N-ethyl adjacent to an activating group) is 2. The van der Waals surface area contributed by atoms with E-state index in [1.165, 1.54) is 57.6 Å². The number of pyridine rings is 1. The maximum absolute atomic E-state index is 14.7. The molecule has 458 valence electrons. The van der Waals surface area contributed by atoms with Gasteiger partial charge in [0, 0.05) is 68.5 Å². The van der Waals surface area contributed by atoms with E-state index in [1.54, 1.807) is 40.3 Å². The molecular weight excluding hydrogens is 1050 g/mol. The van der Waals surface area contributed by atoms with Gasteiger partial charge in [0.15, 0.2) is 17.5 Å². The fraction of sp³-hybridized carbons (Fsp3) is 0.603. The van der Waals surface area contributed by atoms with Gasteiger partial charge in [-0.3, -0.25) is 9.59 Å². The maximum atomic E-state index is 14.7.